The fraction of sp³-hybridized carbons (Fsp3) is 0. The van der Waals surface area contributed by atoms with Gasteiger partial charge in [-0.15, -0.1) is 0 Å². The molecule has 4 nitrogen and oxygen atoms in total. The summed E-state index contributed by atoms with van der Waals surface area (Å²) in [5.41, 5.74) is 2.08. The zero-order valence-electron chi connectivity index (χ0n) is 10.4. The van der Waals surface area contributed by atoms with Crippen LogP contribution in [-0.4, -0.2) is 11.0 Å². The molecular formula is C15H11FN2O2. The van der Waals surface area contributed by atoms with Gasteiger partial charge in [0.1, 0.15) is 11.6 Å². The lowest BCUT2D eigenvalue weighted by molar-refractivity contribution is -0.110. The van der Waals surface area contributed by atoms with Crippen molar-refractivity contribution in [1.29, 1.82) is 0 Å². The molecule has 3 N–H and O–H groups in total. The number of carbonyl (C=O) groups excluding carboxylic acids is 1. The molecule has 20 heavy (non-hydrogen) atoms. The average molecular weight is 270 g/mol. The summed E-state index contributed by atoms with van der Waals surface area (Å²) >= 11 is 0. The first-order chi connectivity index (χ1) is 9.63. The number of phenolic OH excluding ortho intramolecular Hbond substituents is 1. The number of carbonyl (C=O) groups is 1. The van der Waals surface area contributed by atoms with Crippen LogP contribution in [0.5, 0.6) is 5.75 Å². The highest BCUT2D eigenvalue weighted by atomic mass is 19.1. The van der Waals surface area contributed by atoms with Gasteiger partial charge in [0.05, 0.1) is 5.57 Å². The first kappa shape index (κ1) is 12.2. The number of rotatable bonds is 2. The SMILES string of the molecule is O=C1Nc2ccc(F)cc2C1=CNc1cccc(O)c1. The number of hydrogen-bond acceptors (Lipinski definition) is 3. The Bertz CT molecular complexity index is 726. The van der Waals surface area contributed by atoms with E-state index in [0.717, 1.165) is 0 Å². The van der Waals surface area contributed by atoms with E-state index in [2.05, 4.69) is 10.6 Å². The van der Waals surface area contributed by atoms with Gasteiger partial charge in [-0.1, -0.05) is 6.07 Å². The van der Waals surface area contributed by atoms with Gasteiger partial charge in [-0.25, -0.2) is 4.39 Å². The van der Waals surface area contributed by atoms with Crippen LogP contribution in [0.1, 0.15) is 5.56 Å². The molecule has 5 heteroatoms. The van der Waals surface area contributed by atoms with E-state index in [1.54, 1.807) is 18.2 Å². The molecule has 0 saturated heterocycles. The summed E-state index contributed by atoms with van der Waals surface area (Å²) in [5.74, 6) is -0.572. The number of aromatic hydroxyl groups is 1. The van der Waals surface area contributed by atoms with Gasteiger partial charge >= 0.3 is 0 Å². The minimum absolute atomic E-state index is 0.121. The quantitative estimate of drug-likeness (QED) is 0.735. The summed E-state index contributed by atoms with van der Waals surface area (Å²) in [6.07, 6.45) is 1.50. The van der Waals surface area contributed by atoms with Crippen molar-refractivity contribution in [1.82, 2.24) is 0 Å². The molecule has 0 spiro atoms. The van der Waals surface area contributed by atoms with Crippen molar-refractivity contribution >= 4 is 22.9 Å². The predicted molar refractivity (Wildman–Crippen MR) is 74.7 cm³/mol. The third-order valence-electron chi connectivity index (χ3n) is 2.99. The number of fused-ring (bicyclic) bond motifs is 1. The fourth-order valence-corrected chi connectivity index (χ4v) is 2.05. The van der Waals surface area contributed by atoms with Gasteiger partial charge in [-0.05, 0) is 30.3 Å². The molecule has 0 atom stereocenters. The van der Waals surface area contributed by atoms with Crippen LogP contribution in [0.4, 0.5) is 15.8 Å². The highest BCUT2D eigenvalue weighted by Crippen LogP contribution is 2.32. The zero-order chi connectivity index (χ0) is 14.1. The Morgan fingerprint density at radius 1 is 1.20 bits per heavy atom. The van der Waals surface area contributed by atoms with E-state index in [4.69, 9.17) is 0 Å². The highest BCUT2D eigenvalue weighted by molar-refractivity contribution is 6.31. The Hall–Kier alpha value is -2.82. The topological polar surface area (TPSA) is 61.4 Å². The molecule has 1 heterocycles. The van der Waals surface area contributed by atoms with Crippen LogP contribution >= 0.6 is 0 Å². The van der Waals surface area contributed by atoms with Gasteiger partial charge < -0.3 is 15.7 Å². The van der Waals surface area contributed by atoms with E-state index < -0.39 is 5.82 Å². The minimum atomic E-state index is -0.400. The van der Waals surface area contributed by atoms with Crippen LogP contribution in [0.25, 0.3) is 5.57 Å². The second kappa shape index (κ2) is 4.70. The molecule has 1 aliphatic rings. The number of benzene rings is 2. The van der Waals surface area contributed by atoms with Crippen molar-refractivity contribution in [2.45, 2.75) is 0 Å². The summed E-state index contributed by atoms with van der Waals surface area (Å²) in [4.78, 5) is 11.8. The molecule has 0 aliphatic carbocycles. The first-order valence-electron chi connectivity index (χ1n) is 6.00. The molecule has 1 amide bonds. The Kier molecular flexibility index (Phi) is 2.87. The van der Waals surface area contributed by atoms with Gasteiger partial charge in [0.15, 0.2) is 0 Å². The summed E-state index contributed by atoms with van der Waals surface area (Å²) in [6.45, 7) is 0. The molecule has 2 aromatic carbocycles. The monoisotopic (exact) mass is 270 g/mol. The van der Waals surface area contributed by atoms with Crippen molar-refractivity contribution in [3.05, 3.63) is 60.0 Å². The third-order valence-corrected chi connectivity index (χ3v) is 2.99. The lowest BCUT2D eigenvalue weighted by Gasteiger charge is -2.03. The smallest absolute Gasteiger partial charge is 0.257 e. The maximum absolute atomic E-state index is 13.3. The third kappa shape index (κ3) is 2.21. The molecule has 0 bridgehead atoms. The molecule has 3 rings (SSSR count). The Balaban J connectivity index is 1.93. The largest absolute Gasteiger partial charge is 0.508 e. The van der Waals surface area contributed by atoms with Gasteiger partial charge in [-0.3, -0.25) is 4.79 Å². The predicted octanol–water partition coefficient (Wildman–Crippen LogP) is 2.94. The lowest BCUT2D eigenvalue weighted by atomic mass is 10.1. The van der Waals surface area contributed by atoms with Gasteiger partial charge in [-0.2, -0.15) is 0 Å². The Morgan fingerprint density at radius 3 is 2.85 bits per heavy atom. The standard InChI is InChI=1S/C15H11FN2O2/c16-9-4-5-14-12(6-9)13(15(20)18-14)8-17-10-2-1-3-11(19)7-10/h1-8,17,19H,(H,18,20). The summed E-state index contributed by atoms with van der Waals surface area (Å²) in [6, 6.07) is 10.6. The Labute approximate surface area is 114 Å². The lowest BCUT2D eigenvalue weighted by Crippen LogP contribution is -2.05. The molecule has 0 radical (unpaired) electrons. The van der Waals surface area contributed by atoms with Crippen molar-refractivity contribution in [2.75, 3.05) is 10.6 Å². The zero-order valence-corrected chi connectivity index (χ0v) is 10.4. The van der Waals surface area contributed by atoms with Crippen LogP contribution in [0.2, 0.25) is 0 Å². The minimum Gasteiger partial charge on any atom is -0.508 e. The first-order valence-corrected chi connectivity index (χ1v) is 6.00. The Morgan fingerprint density at radius 2 is 2.05 bits per heavy atom. The molecule has 0 fully saturated rings. The van der Waals surface area contributed by atoms with E-state index in [1.807, 2.05) is 0 Å². The molecule has 0 unspecified atom stereocenters. The van der Waals surface area contributed by atoms with Gasteiger partial charge in [0, 0.05) is 29.2 Å². The number of amides is 1. The number of phenols is 1. The van der Waals surface area contributed by atoms with Gasteiger partial charge in [0.2, 0.25) is 0 Å². The van der Waals surface area contributed by atoms with E-state index in [1.165, 1.54) is 30.5 Å². The van der Waals surface area contributed by atoms with E-state index in [-0.39, 0.29) is 11.7 Å². The number of anilines is 2. The van der Waals surface area contributed by atoms with Crippen LogP contribution < -0.4 is 10.6 Å². The molecule has 1 aliphatic heterocycles. The van der Waals surface area contributed by atoms with Crippen LogP contribution in [0, 0.1) is 5.82 Å². The number of nitrogens with one attached hydrogen (secondary N) is 2. The maximum atomic E-state index is 13.3. The van der Waals surface area contributed by atoms with Gasteiger partial charge in [0.25, 0.3) is 5.91 Å². The van der Waals surface area contributed by atoms with Crippen molar-refractivity contribution in [3.8, 4) is 5.75 Å². The van der Waals surface area contributed by atoms with E-state index in [9.17, 15) is 14.3 Å². The molecule has 100 valence electrons. The van der Waals surface area contributed by atoms with Crippen LogP contribution in [-0.2, 0) is 4.79 Å². The number of hydrogen-bond donors (Lipinski definition) is 3. The maximum Gasteiger partial charge on any atom is 0.257 e. The number of halogens is 1. The average Bonchev–Trinajstić information content (AvgIpc) is 2.72. The normalized spacial score (nSPS) is 15.1. The van der Waals surface area contributed by atoms with Crippen LogP contribution in [0.15, 0.2) is 48.7 Å². The second-order valence-corrected chi connectivity index (χ2v) is 4.40. The van der Waals surface area contributed by atoms with Crippen LogP contribution in [0.3, 0.4) is 0 Å². The second-order valence-electron chi connectivity index (χ2n) is 4.40. The van der Waals surface area contributed by atoms with Crippen molar-refractivity contribution in [2.24, 2.45) is 0 Å². The summed E-state index contributed by atoms with van der Waals surface area (Å²) in [5, 5.41) is 14.9. The fourth-order valence-electron chi connectivity index (χ4n) is 2.05. The summed E-state index contributed by atoms with van der Waals surface area (Å²) < 4.78 is 13.3. The highest BCUT2D eigenvalue weighted by Gasteiger charge is 2.24. The van der Waals surface area contributed by atoms with Crippen molar-refractivity contribution in [3.63, 3.8) is 0 Å². The van der Waals surface area contributed by atoms with Crippen molar-refractivity contribution < 1.29 is 14.3 Å². The molecular weight excluding hydrogens is 259 g/mol. The summed E-state index contributed by atoms with van der Waals surface area (Å²) in [7, 11) is 0. The molecule has 0 saturated carbocycles. The molecule has 0 aromatic heterocycles. The van der Waals surface area contributed by atoms with E-state index >= 15 is 0 Å². The van der Waals surface area contributed by atoms with E-state index in [0.29, 0.717) is 22.5 Å². The molecule has 2 aromatic rings.